The van der Waals surface area contributed by atoms with Gasteiger partial charge >= 0.3 is 5.97 Å². The molecule has 0 saturated carbocycles. The van der Waals surface area contributed by atoms with Crippen molar-refractivity contribution in [3.05, 3.63) is 125 Å². The average Bonchev–Trinajstić information content (AvgIpc) is 3.63. The molecule has 2 amide bonds. The van der Waals surface area contributed by atoms with Gasteiger partial charge in [-0.1, -0.05) is 84.9 Å². The van der Waals surface area contributed by atoms with Crippen molar-refractivity contribution >= 4 is 23.9 Å². The van der Waals surface area contributed by atoms with E-state index in [-0.39, 0.29) is 56.2 Å². The van der Waals surface area contributed by atoms with E-state index in [9.17, 15) is 34.8 Å². The highest BCUT2D eigenvalue weighted by Crippen LogP contribution is 2.47. The Morgan fingerprint density at radius 3 is 2.23 bits per heavy atom. The van der Waals surface area contributed by atoms with E-state index in [0.717, 1.165) is 0 Å². The van der Waals surface area contributed by atoms with Crippen LogP contribution in [0.1, 0.15) is 39.9 Å². The summed E-state index contributed by atoms with van der Waals surface area (Å²) in [5.74, 6) is -2.86. The lowest BCUT2D eigenvalue weighted by Gasteiger charge is -2.39. The lowest BCUT2D eigenvalue weighted by atomic mass is 9.91. The zero-order valence-corrected chi connectivity index (χ0v) is 30.4. The number of nitrogens with one attached hydrogen (secondary N) is 2. The number of hydrogen-bond donors (Lipinski definition) is 7. The van der Waals surface area contributed by atoms with Crippen molar-refractivity contribution < 1.29 is 63.6 Å². The van der Waals surface area contributed by atoms with Crippen LogP contribution in [0.3, 0.4) is 0 Å². The molecule has 3 aromatic carbocycles. The van der Waals surface area contributed by atoms with Gasteiger partial charge in [0, 0.05) is 42.6 Å². The minimum absolute atomic E-state index is 0.00110. The van der Waals surface area contributed by atoms with Crippen LogP contribution in [0.25, 0.3) is 6.08 Å². The molecule has 0 bridgehead atoms. The molecular formula is C41H46N2O13. The molecule has 3 aromatic rings. The first kappa shape index (κ1) is 40.8. The molecule has 56 heavy (non-hydrogen) atoms. The second-order valence-corrected chi connectivity index (χ2v) is 13.5. The average molecular weight is 775 g/mol. The van der Waals surface area contributed by atoms with E-state index in [1.54, 1.807) is 42.5 Å². The van der Waals surface area contributed by atoms with Gasteiger partial charge in [-0.25, -0.2) is 4.79 Å². The molecule has 1 aliphatic carbocycles. The van der Waals surface area contributed by atoms with Crippen molar-refractivity contribution in [3.63, 3.8) is 0 Å². The van der Waals surface area contributed by atoms with Gasteiger partial charge in [-0.3, -0.25) is 9.59 Å². The molecule has 3 aliphatic rings. The highest BCUT2D eigenvalue weighted by atomic mass is 16.8. The standard InChI is InChI=1S/C41H46N2O13/c44-19-18-42-33(46)16-17-43-38(50)27-22-30(37-31(23-27)55-41(56-37,28-12-3-1-4-13-28)29-14-5-2-6-15-29)53-39(51)26-11-7-9-25(21-26)10-8-20-52-40-36(49)35(48)34(47)32(24-45)54-40/h1-15,21,23,30-32,34-37,40,44-45,47-49H,16-20,22,24H2,(H,42,46)(H,43,50). The largest absolute Gasteiger partial charge is 0.456 e. The number of carbonyl (C=O) groups is 3. The molecule has 15 heteroatoms. The summed E-state index contributed by atoms with van der Waals surface area (Å²) in [6.07, 6.45) is -4.68. The number of benzene rings is 3. The van der Waals surface area contributed by atoms with E-state index >= 15 is 0 Å². The first-order valence-corrected chi connectivity index (χ1v) is 18.4. The van der Waals surface area contributed by atoms with Crippen LogP contribution >= 0.6 is 0 Å². The third-order valence-corrected chi connectivity index (χ3v) is 9.65. The van der Waals surface area contributed by atoms with Crippen molar-refractivity contribution in [1.29, 1.82) is 0 Å². The summed E-state index contributed by atoms with van der Waals surface area (Å²) in [4.78, 5) is 39.3. The second-order valence-electron chi connectivity index (χ2n) is 13.5. The first-order chi connectivity index (χ1) is 27.1. The monoisotopic (exact) mass is 774 g/mol. The smallest absolute Gasteiger partial charge is 0.338 e. The lowest BCUT2D eigenvalue weighted by Crippen LogP contribution is -2.59. The van der Waals surface area contributed by atoms with E-state index in [1.807, 2.05) is 60.7 Å². The van der Waals surface area contributed by atoms with Crippen LogP contribution in [0.2, 0.25) is 0 Å². The third-order valence-electron chi connectivity index (χ3n) is 9.65. The van der Waals surface area contributed by atoms with Gasteiger partial charge in [0.2, 0.25) is 17.6 Å². The molecule has 8 atom stereocenters. The van der Waals surface area contributed by atoms with Crippen molar-refractivity contribution in [2.75, 3.05) is 32.9 Å². The van der Waals surface area contributed by atoms with Crippen molar-refractivity contribution in [2.45, 2.75) is 67.6 Å². The number of aliphatic hydroxyl groups is 5. The molecule has 15 nitrogen and oxygen atoms in total. The molecule has 2 heterocycles. The summed E-state index contributed by atoms with van der Waals surface area (Å²) >= 11 is 0. The molecular weight excluding hydrogens is 728 g/mol. The number of ether oxygens (including phenoxy) is 5. The van der Waals surface area contributed by atoms with Gasteiger partial charge in [0.25, 0.3) is 0 Å². The number of hydrogen-bond acceptors (Lipinski definition) is 13. The Morgan fingerprint density at radius 1 is 0.839 bits per heavy atom. The Balaban J connectivity index is 1.18. The van der Waals surface area contributed by atoms with Crippen molar-refractivity contribution in [2.24, 2.45) is 0 Å². The molecule has 298 valence electrons. The van der Waals surface area contributed by atoms with E-state index in [4.69, 9.17) is 28.8 Å². The minimum Gasteiger partial charge on any atom is -0.456 e. The maximum absolute atomic E-state index is 13.8. The zero-order valence-electron chi connectivity index (χ0n) is 30.4. The fourth-order valence-corrected chi connectivity index (χ4v) is 6.79. The molecule has 2 saturated heterocycles. The Morgan fingerprint density at radius 2 is 1.55 bits per heavy atom. The number of aliphatic hydroxyl groups excluding tert-OH is 5. The number of rotatable bonds is 15. The number of fused-ring (bicyclic) bond motifs is 1. The quantitative estimate of drug-likeness (QED) is 0.106. The number of esters is 1. The predicted octanol–water partition coefficient (Wildman–Crippen LogP) is 0.672. The maximum Gasteiger partial charge on any atom is 0.338 e. The van der Waals surface area contributed by atoms with Crippen LogP contribution in [0.15, 0.2) is 103 Å². The molecule has 0 radical (unpaired) electrons. The van der Waals surface area contributed by atoms with Crippen LogP contribution in [0.5, 0.6) is 0 Å². The molecule has 6 rings (SSSR count). The Labute approximate surface area is 323 Å². The first-order valence-electron chi connectivity index (χ1n) is 18.4. The van der Waals surface area contributed by atoms with Crippen molar-refractivity contribution in [1.82, 2.24) is 10.6 Å². The molecule has 0 aromatic heterocycles. The predicted molar refractivity (Wildman–Crippen MR) is 198 cm³/mol. The van der Waals surface area contributed by atoms with E-state index in [2.05, 4.69) is 10.6 Å². The summed E-state index contributed by atoms with van der Waals surface area (Å²) in [5.41, 5.74) is 2.51. The fourth-order valence-electron chi connectivity index (χ4n) is 6.79. The molecule has 0 spiro atoms. The Hall–Kier alpha value is -4.81. The highest BCUT2D eigenvalue weighted by Gasteiger charge is 2.55. The SMILES string of the molecule is O=C(CCNC(=O)C1=CC2OC(c3ccccc3)(c3ccccc3)OC2C(OC(=O)c2cccc(C=CCOC3OC(CO)C(O)C(O)C3O)c2)C1)NCCO. The summed E-state index contributed by atoms with van der Waals surface area (Å²) in [6, 6.07) is 25.3. The van der Waals surface area contributed by atoms with E-state index < -0.39 is 73.3 Å². The van der Waals surface area contributed by atoms with Crippen LogP contribution in [0.4, 0.5) is 0 Å². The molecule has 8 unspecified atom stereocenters. The summed E-state index contributed by atoms with van der Waals surface area (Å²) in [7, 11) is 0. The van der Waals surface area contributed by atoms with Crippen LogP contribution in [-0.2, 0) is 39.1 Å². The highest BCUT2D eigenvalue weighted by molar-refractivity contribution is 5.94. The van der Waals surface area contributed by atoms with E-state index in [0.29, 0.717) is 16.7 Å². The minimum atomic E-state index is -1.57. The normalized spacial score (nSPS) is 26.9. The van der Waals surface area contributed by atoms with Crippen LogP contribution < -0.4 is 10.6 Å². The second kappa shape index (κ2) is 18.9. The van der Waals surface area contributed by atoms with Gasteiger partial charge in [0.15, 0.2) is 6.29 Å². The topological polar surface area (TPSA) is 223 Å². The van der Waals surface area contributed by atoms with Gasteiger partial charge in [-0.2, -0.15) is 0 Å². The molecule has 7 N–H and O–H groups in total. The zero-order chi connectivity index (χ0) is 39.7. The third kappa shape index (κ3) is 9.41. The summed E-state index contributed by atoms with van der Waals surface area (Å²) < 4.78 is 30.5. The van der Waals surface area contributed by atoms with Crippen molar-refractivity contribution in [3.8, 4) is 0 Å². The Bertz CT molecular complexity index is 1810. The fraction of sp³-hybridized carbons (Fsp3) is 0.390. The van der Waals surface area contributed by atoms with Crippen LogP contribution in [-0.4, -0.2) is 125 Å². The molecule has 2 fully saturated rings. The van der Waals surface area contributed by atoms with E-state index in [1.165, 1.54) is 0 Å². The van der Waals surface area contributed by atoms with Gasteiger partial charge in [0.05, 0.1) is 25.4 Å². The molecule has 2 aliphatic heterocycles. The summed E-state index contributed by atoms with van der Waals surface area (Å²) in [6.45, 7) is -0.712. The Kier molecular flexibility index (Phi) is 13.8. The van der Waals surface area contributed by atoms with Gasteiger partial charge in [-0.15, -0.1) is 0 Å². The van der Waals surface area contributed by atoms with Gasteiger partial charge < -0.3 is 59.9 Å². The van der Waals surface area contributed by atoms with Crippen LogP contribution in [0, 0.1) is 0 Å². The number of carbonyl (C=O) groups excluding carboxylic acids is 3. The van der Waals surface area contributed by atoms with Gasteiger partial charge in [-0.05, 0) is 23.8 Å². The lowest BCUT2D eigenvalue weighted by molar-refractivity contribution is -0.298. The maximum atomic E-state index is 13.8. The number of amides is 2. The van der Waals surface area contributed by atoms with Gasteiger partial charge in [0.1, 0.15) is 42.7 Å². The summed E-state index contributed by atoms with van der Waals surface area (Å²) in [5, 5.41) is 53.9.